The molecule has 3 rings (SSSR count). The van der Waals surface area contributed by atoms with Gasteiger partial charge in [0.1, 0.15) is 0 Å². The number of piperidine rings is 1. The molecule has 1 aliphatic carbocycles. The van der Waals surface area contributed by atoms with Crippen LogP contribution in [0.1, 0.15) is 44.9 Å². The van der Waals surface area contributed by atoms with E-state index in [9.17, 15) is 0 Å². The molecule has 2 heterocycles. The quantitative estimate of drug-likeness (QED) is 0.749. The summed E-state index contributed by atoms with van der Waals surface area (Å²) in [6.45, 7) is 5.25. The Balaban J connectivity index is 1.57. The molecule has 3 unspecified atom stereocenters. The number of piperazine rings is 1. The molecular formula is C14H27N3. The number of nitrogens with zero attached hydrogens (tertiary/aromatic N) is 2. The summed E-state index contributed by atoms with van der Waals surface area (Å²) in [5.41, 5.74) is 6.13. The molecule has 0 amide bonds. The summed E-state index contributed by atoms with van der Waals surface area (Å²) in [5.74, 6) is 0. The third-order valence-corrected chi connectivity index (χ3v) is 5.07. The molecule has 3 atom stereocenters. The van der Waals surface area contributed by atoms with Crippen molar-refractivity contribution in [3.05, 3.63) is 0 Å². The first-order valence-corrected chi connectivity index (χ1v) is 7.56. The van der Waals surface area contributed by atoms with Crippen LogP contribution in [0.3, 0.4) is 0 Å². The summed E-state index contributed by atoms with van der Waals surface area (Å²) in [7, 11) is 0. The van der Waals surface area contributed by atoms with Crippen LogP contribution in [0.2, 0.25) is 0 Å². The van der Waals surface area contributed by atoms with Gasteiger partial charge in [0.05, 0.1) is 0 Å². The first-order chi connectivity index (χ1) is 8.33. The SMILES string of the molecule is NC1CCCC(N2CCN3CCCCC3C2)C1. The van der Waals surface area contributed by atoms with Crippen molar-refractivity contribution in [1.82, 2.24) is 9.80 Å². The van der Waals surface area contributed by atoms with Crippen molar-refractivity contribution in [2.45, 2.75) is 63.1 Å². The molecule has 0 bridgehead atoms. The van der Waals surface area contributed by atoms with Crippen LogP contribution >= 0.6 is 0 Å². The summed E-state index contributed by atoms with van der Waals surface area (Å²) in [6.07, 6.45) is 9.52. The fourth-order valence-corrected chi connectivity index (χ4v) is 4.04. The topological polar surface area (TPSA) is 32.5 Å². The lowest BCUT2D eigenvalue weighted by molar-refractivity contribution is 0.0167. The summed E-state index contributed by atoms with van der Waals surface area (Å²) < 4.78 is 0. The Bertz CT molecular complexity index is 256. The highest BCUT2D eigenvalue weighted by Gasteiger charge is 2.33. The second kappa shape index (κ2) is 5.25. The van der Waals surface area contributed by atoms with E-state index in [1.807, 2.05) is 0 Å². The molecule has 0 aromatic heterocycles. The highest BCUT2D eigenvalue weighted by molar-refractivity contribution is 4.90. The van der Waals surface area contributed by atoms with Gasteiger partial charge < -0.3 is 5.73 Å². The lowest BCUT2D eigenvalue weighted by Crippen LogP contribution is -2.58. The Morgan fingerprint density at radius 3 is 2.47 bits per heavy atom. The van der Waals surface area contributed by atoms with Gasteiger partial charge in [-0.25, -0.2) is 0 Å². The molecule has 2 saturated heterocycles. The minimum Gasteiger partial charge on any atom is -0.328 e. The van der Waals surface area contributed by atoms with E-state index in [2.05, 4.69) is 9.80 Å². The maximum absolute atomic E-state index is 6.13. The Morgan fingerprint density at radius 2 is 1.59 bits per heavy atom. The average molecular weight is 237 g/mol. The van der Waals surface area contributed by atoms with Gasteiger partial charge in [-0.15, -0.1) is 0 Å². The molecule has 3 nitrogen and oxygen atoms in total. The van der Waals surface area contributed by atoms with E-state index in [-0.39, 0.29) is 0 Å². The van der Waals surface area contributed by atoms with E-state index in [0.29, 0.717) is 6.04 Å². The largest absolute Gasteiger partial charge is 0.328 e. The second-order valence-corrected chi connectivity index (χ2v) is 6.26. The minimum atomic E-state index is 0.470. The Morgan fingerprint density at radius 1 is 0.765 bits per heavy atom. The average Bonchev–Trinajstić information content (AvgIpc) is 2.38. The molecule has 3 fully saturated rings. The number of rotatable bonds is 1. The molecule has 1 saturated carbocycles. The molecule has 17 heavy (non-hydrogen) atoms. The fraction of sp³-hybridized carbons (Fsp3) is 1.00. The second-order valence-electron chi connectivity index (χ2n) is 6.26. The van der Waals surface area contributed by atoms with Gasteiger partial charge in [0.15, 0.2) is 0 Å². The first kappa shape index (κ1) is 11.9. The van der Waals surface area contributed by atoms with Gasteiger partial charge in [-0.1, -0.05) is 12.8 Å². The van der Waals surface area contributed by atoms with Gasteiger partial charge in [0.25, 0.3) is 0 Å². The lowest BCUT2D eigenvalue weighted by Gasteiger charge is -2.47. The standard InChI is InChI=1S/C14H27N3/c15-12-4-3-6-13(10-12)17-9-8-16-7-2-1-5-14(16)11-17/h12-14H,1-11,15H2. The predicted molar refractivity (Wildman–Crippen MR) is 71.0 cm³/mol. The van der Waals surface area contributed by atoms with Gasteiger partial charge in [0, 0.05) is 37.8 Å². The van der Waals surface area contributed by atoms with Crippen LogP contribution in [-0.4, -0.2) is 54.1 Å². The zero-order valence-electron chi connectivity index (χ0n) is 11.0. The molecule has 2 aliphatic heterocycles. The Labute approximate surface area is 105 Å². The van der Waals surface area contributed by atoms with Crippen LogP contribution in [0.5, 0.6) is 0 Å². The zero-order valence-corrected chi connectivity index (χ0v) is 11.0. The van der Waals surface area contributed by atoms with Gasteiger partial charge in [-0.2, -0.15) is 0 Å². The fourth-order valence-electron chi connectivity index (χ4n) is 4.04. The number of nitrogens with two attached hydrogens (primary N) is 1. The minimum absolute atomic E-state index is 0.470. The van der Waals surface area contributed by atoms with Crippen molar-refractivity contribution < 1.29 is 0 Å². The van der Waals surface area contributed by atoms with Crippen molar-refractivity contribution in [3.8, 4) is 0 Å². The van der Waals surface area contributed by atoms with Crippen molar-refractivity contribution >= 4 is 0 Å². The van der Waals surface area contributed by atoms with Gasteiger partial charge >= 0.3 is 0 Å². The third-order valence-electron chi connectivity index (χ3n) is 5.07. The van der Waals surface area contributed by atoms with E-state index in [4.69, 9.17) is 5.73 Å². The van der Waals surface area contributed by atoms with E-state index in [1.165, 1.54) is 71.1 Å². The summed E-state index contributed by atoms with van der Waals surface area (Å²) in [4.78, 5) is 5.48. The first-order valence-electron chi connectivity index (χ1n) is 7.56. The highest BCUT2D eigenvalue weighted by Crippen LogP contribution is 2.27. The van der Waals surface area contributed by atoms with E-state index < -0.39 is 0 Å². The molecular weight excluding hydrogens is 210 g/mol. The summed E-state index contributed by atoms with van der Waals surface area (Å²) in [6, 6.07) is 2.12. The van der Waals surface area contributed by atoms with Crippen molar-refractivity contribution in [2.75, 3.05) is 26.2 Å². The lowest BCUT2D eigenvalue weighted by atomic mass is 9.89. The Hall–Kier alpha value is -0.120. The molecule has 2 N–H and O–H groups in total. The summed E-state index contributed by atoms with van der Waals surface area (Å²) >= 11 is 0. The molecule has 0 aromatic rings. The third kappa shape index (κ3) is 2.67. The van der Waals surface area contributed by atoms with Gasteiger partial charge in [-0.3, -0.25) is 9.80 Å². The zero-order chi connectivity index (χ0) is 11.7. The normalized spacial score (nSPS) is 41.1. The van der Waals surface area contributed by atoms with E-state index >= 15 is 0 Å². The summed E-state index contributed by atoms with van der Waals surface area (Å²) in [5, 5.41) is 0. The maximum atomic E-state index is 6.13. The van der Waals surface area contributed by atoms with Crippen molar-refractivity contribution in [3.63, 3.8) is 0 Å². The van der Waals surface area contributed by atoms with Crippen LogP contribution in [0.15, 0.2) is 0 Å². The van der Waals surface area contributed by atoms with Crippen LogP contribution in [-0.2, 0) is 0 Å². The maximum Gasteiger partial charge on any atom is 0.0223 e. The van der Waals surface area contributed by atoms with Crippen LogP contribution < -0.4 is 5.73 Å². The molecule has 0 spiro atoms. The molecule has 98 valence electrons. The molecule has 0 aromatic carbocycles. The van der Waals surface area contributed by atoms with Crippen molar-refractivity contribution in [1.29, 1.82) is 0 Å². The van der Waals surface area contributed by atoms with Crippen LogP contribution in [0, 0.1) is 0 Å². The van der Waals surface area contributed by atoms with E-state index in [0.717, 1.165) is 12.1 Å². The van der Waals surface area contributed by atoms with Crippen LogP contribution in [0.4, 0.5) is 0 Å². The number of hydrogen-bond donors (Lipinski definition) is 1. The van der Waals surface area contributed by atoms with Gasteiger partial charge in [-0.05, 0) is 38.6 Å². The monoisotopic (exact) mass is 237 g/mol. The smallest absolute Gasteiger partial charge is 0.0223 e. The molecule has 0 radical (unpaired) electrons. The molecule has 3 heteroatoms. The Kier molecular flexibility index (Phi) is 3.69. The van der Waals surface area contributed by atoms with E-state index in [1.54, 1.807) is 0 Å². The molecule has 3 aliphatic rings. The van der Waals surface area contributed by atoms with Gasteiger partial charge in [0.2, 0.25) is 0 Å². The number of hydrogen-bond acceptors (Lipinski definition) is 3. The number of fused-ring (bicyclic) bond motifs is 1. The highest BCUT2D eigenvalue weighted by atomic mass is 15.3. The van der Waals surface area contributed by atoms with Crippen LogP contribution in [0.25, 0.3) is 0 Å². The predicted octanol–water partition coefficient (Wildman–Crippen LogP) is 1.43. The van der Waals surface area contributed by atoms with Crippen molar-refractivity contribution in [2.24, 2.45) is 5.73 Å².